The maximum atomic E-state index is 11.6. The Morgan fingerprint density at radius 3 is 2.75 bits per heavy atom. The van der Waals surface area contributed by atoms with Crippen LogP contribution in [0.2, 0.25) is 0 Å². The fourth-order valence-electron chi connectivity index (χ4n) is 2.78. The molecule has 1 saturated heterocycles. The van der Waals surface area contributed by atoms with Gasteiger partial charge in [-0.1, -0.05) is 0 Å². The first kappa shape index (κ1) is 21.1. The first-order valence-corrected chi connectivity index (χ1v) is 8.96. The molecule has 0 bridgehead atoms. The average molecular weight is 466 g/mol. The van der Waals surface area contributed by atoms with Gasteiger partial charge in [-0.25, -0.2) is 4.98 Å². The van der Waals surface area contributed by atoms with Gasteiger partial charge in [-0.3, -0.25) is 9.79 Å². The number of likely N-dealkylation sites (tertiary alicyclic amines) is 1. The summed E-state index contributed by atoms with van der Waals surface area (Å²) in [5.74, 6) is 0.859. The van der Waals surface area contributed by atoms with Gasteiger partial charge in [-0.15, -0.1) is 35.3 Å². The molecule has 0 radical (unpaired) electrons. The highest BCUT2D eigenvalue weighted by Gasteiger charge is 2.26. The number of carbonyl (C=O) groups excluding carboxylic acids is 1. The van der Waals surface area contributed by atoms with Gasteiger partial charge in [0, 0.05) is 44.2 Å². The highest BCUT2D eigenvalue weighted by molar-refractivity contribution is 14.0. The lowest BCUT2D eigenvalue weighted by Gasteiger charge is -2.33. The van der Waals surface area contributed by atoms with Gasteiger partial charge in [0.1, 0.15) is 0 Å². The Balaban J connectivity index is 0.00000288. The molecule has 1 fully saturated rings. The van der Waals surface area contributed by atoms with Crippen molar-refractivity contribution in [2.24, 2.45) is 10.9 Å². The van der Waals surface area contributed by atoms with E-state index in [9.17, 15) is 4.79 Å². The van der Waals surface area contributed by atoms with Crippen molar-refractivity contribution in [2.75, 3.05) is 33.8 Å². The van der Waals surface area contributed by atoms with Gasteiger partial charge in [0.15, 0.2) is 5.96 Å². The molecule has 1 aromatic rings. The second-order valence-corrected chi connectivity index (χ2v) is 6.69. The number of ether oxygens (including phenoxy) is 1. The molecule has 0 aliphatic carbocycles. The Hall–Kier alpha value is -0.900. The quantitative estimate of drug-likeness (QED) is 0.238. The lowest BCUT2D eigenvalue weighted by Crippen LogP contribution is -2.46. The van der Waals surface area contributed by atoms with Gasteiger partial charge in [0.25, 0.3) is 0 Å². The number of nitrogens with zero attached hydrogens (tertiary/aromatic N) is 3. The number of aromatic nitrogens is 1. The maximum Gasteiger partial charge on any atom is 0.308 e. The minimum absolute atomic E-state index is 0. The van der Waals surface area contributed by atoms with E-state index in [1.54, 1.807) is 18.4 Å². The Morgan fingerprint density at radius 2 is 2.21 bits per heavy atom. The maximum absolute atomic E-state index is 11.6. The Kier molecular flexibility index (Phi) is 9.57. The molecule has 1 aliphatic heterocycles. The molecule has 0 unspecified atom stereocenters. The van der Waals surface area contributed by atoms with Crippen molar-refractivity contribution in [3.63, 3.8) is 0 Å². The first-order chi connectivity index (χ1) is 11.1. The number of thiazole rings is 1. The zero-order valence-corrected chi connectivity index (χ0v) is 17.7. The fraction of sp³-hybridized carbons (Fsp3) is 0.688. The number of halogens is 1. The summed E-state index contributed by atoms with van der Waals surface area (Å²) in [5.41, 5.74) is 1.10. The number of carbonyl (C=O) groups is 1. The molecule has 0 amide bonds. The van der Waals surface area contributed by atoms with Crippen LogP contribution in [0.25, 0.3) is 0 Å². The van der Waals surface area contributed by atoms with Gasteiger partial charge < -0.3 is 15.0 Å². The van der Waals surface area contributed by atoms with Crippen LogP contribution in [0.4, 0.5) is 0 Å². The Morgan fingerprint density at radius 1 is 1.50 bits per heavy atom. The molecule has 2 heterocycles. The number of rotatable bonds is 5. The third-order valence-electron chi connectivity index (χ3n) is 4.06. The van der Waals surface area contributed by atoms with E-state index in [1.807, 2.05) is 6.92 Å². The van der Waals surface area contributed by atoms with Crippen molar-refractivity contribution >= 4 is 47.2 Å². The number of hydrogen-bond donors (Lipinski definition) is 1. The standard InChI is InChI=1S/C16H26N4O2S.HI/c1-12-11-23-14(19-12)5-4-8-18-16(17-2)20-9-6-13(7-10-20)15(21)22-3;/h11,13H,4-10H2,1-3H3,(H,17,18);1H. The predicted octanol–water partition coefficient (Wildman–Crippen LogP) is 2.46. The van der Waals surface area contributed by atoms with Crippen LogP contribution in [0.1, 0.15) is 30.0 Å². The smallest absolute Gasteiger partial charge is 0.308 e. The van der Waals surface area contributed by atoms with E-state index in [4.69, 9.17) is 4.74 Å². The SMILES string of the molecule is CN=C(NCCCc1nc(C)cs1)N1CCC(C(=O)OC)CC1.I. The molecular formula is C16H27IN4O2S. The third-order valence-corrected chi connectivity index (χ3v) is 5.08. The number of methoxy groups -OCH3 is 1. The summed E-state index contributed by atoms with van der Waals surface area (Å²) in [6, 6.07) is 0. The lowest BCUT2D eigenvalue weighted by atomic mass is 9.97. The normalized spacial score (nSPS) is 15.8. The van der Waals surface area contributed by atoms with Gasteiger partial charge in [0.05, 0.1) is 18.0 Å². The second-order valence-electron chi connectivity index (χ2n) is 5.74. The topological polar surface area (TPSA) is 66.8 Å². The molecule has 24 heavy (non-hydrogen) atoms. The zero-order valence-electron chi connectivity index (χ0n) is 14.6. The minimum Gasteiger partial charge on any atom is -0.469 e. The summed E-state index contributed by atoms with van der Waals surface area (Å²) in [6.07, 6.45) is 3.68. The number of aliphatic imine (C=N–C) groups is 1. The van der Waals surface area contributed by atoms with E-state index in [0.29, 0.717) is 0 Å². The predicted molar refractivity (Wildman–Crippen MR) is 108 cm³/mol. The van der Waals surface area contributed by atoms with Gasteiger partial charge in [-0.05, 0) is 26.2 Å². The van der Waals surface area contributed by atoms with Crippen LogP contribution in [0.15, 0.2) is 10.4 Å². The summed E-state index contributed by atoms with van der Waals surface area (Å²) in [4.78, 5) is 22.6. The summed E-state index contributed by atoms with van der Waals surface area (Å²) in [5, 5.41) is 6.69. The van der Waals surface area contributed by atoms with E-state index in [-0.39, 0.29) is 35.9 Å². The third kappa shape index (κ3) is 6.19. The molecule has 2 rings (SSSR count). The van der Waals surface area contributed by atoms with Crippen LogP contribution >= 0.6 is 35.3 Å². The van der Waals surface area contributed by atoms with Gasteiger partial charge in [0.2, 0.25) is 0 Å². The van der Waals surface area contributed by atoms with Crippen LogP contribution in [0, 0.1) is 12.8 Å². The van der Waals surface area contributed by atoms with Crippen LogP contribution < -0.4 is 5.32 Å². The molecule has 0 saturated carbocycles. The average Bonchev–Trinajstić information content (AvgIpc) is 3.00. The van der Waals surface area contributed by atoms with E-state index in [0.717, 1.165) is 57.0 Å². The molecule has 6 nitrogen and oxygen atoms in total. The number of nitrogens with one attached hydrogen (secondary N) is 1. The minimum atomic E-state index is -0.0914. The fourth-order valence-corrected chi connectivity index (χ4v) is 3.60. The zero-order chi connectivity index (χ0) is 16.7. The molecule has 1 N–H and O–H groups in total. The first-order valence-electron chi connectivity index (χ1n) is 8.08. The van der Waals surface area contributed by atoms with E-state index >= 15 is 0 Å². The van der Waals surface area contributed by atoms with Crippen molar-refractivity contribution in [1.82, 2.24) is 15.2 Å². The number of piperidine rings is 1. The van der Waals surface area contributed by atoms with Crippen molar-refractivity contribution in [2.45, 2.75) is 32.6 Å². The molecular weight excluding hydrogens is 439 g/mol. The number of hydrogen-bond acceptors (Lipinski definition) is 5. The van der Waals surface area contributed by atoms with E-state index in [1.165, 1.54) is 12.1 Å². The summed E-state index contributed by atoms with van der Waals surface area (Å²) in [6.45, 7) is 4.58. The van der Waals surface area contributed by atoms with E-state index < -0.39 is 0 Å². The lowest BCUT2D eigenvalue weighted by molar-refractivity contribution is -0.146. The van der Waals surface area contributed by atoms with E-state index in [2.05, 4.69) is 25.6 Å². The molecule has 8 heteroatoms. The van der Waals surface area contributed by atoms with Crippen LogP contribution in [0.5, 0.6) is 0 Å². The molecule has 0 aromatic carbocycles. The number of guanidine groups is 1. The van der Waals surface area contributed by atoms with Crippen LogP contribution in [0.3, 0.4) is 0 Å². The molecule has 1 aliphatic rings. The highest BCUT2D eigenvalue weighted by Crippen LogP contribution is 2.18. The van der Waals surface area contributed by atoms with Crippen LogP contribution in [-0.2, 0) is 16.0 Å². The Bertz CT molecular complexity index is 542. The van der Waals surface area contributed by atoms with Gasteiger partial charge >= 0.3 is 5.97 Å². The summed E-state index contributed by atoms with van der Waals surface area (Å²) >= 11 is 1.72. The monoisotopic (exact) mass is 466 g/mol. The van der Waals surface area contributed by atoms with Crippen molar-refractivity contribution in [3.05, 3.63) is 16.1 Å². The number of aryl methyl sites for hydroxylation is 2. The largest absolute Gasteiger partial charge is 0.469 e. The molecule has 136 valence electrons. The summed E-state index contributed by atoms with van der Waals surface area (Å²) < 4.78 is 4.83. The molecule has 0 atom stereocenters. The highest BCUT2D eigenvalue weighted by atomic mass is 127. The number of esters is 1. The Labute approximate surface area is 165 Å². The van der Waals surface area contributed by atoms with Crippen LogP contribution in [-0.4, -0.2) is 55.6 Å². The molecule has 0 spiro atoms. The molecule has 1 aromatic heterocycles. The van der Waals surface area contributed by atoms with Crippen molar-refractivity contribution in [1.29, 1.82) is 0 Å². The van der Waals surface area contributed by atoms with Crippen molar-refractivity contribution < 1.29 is 9.53 Å². The summed E-state index contributed by atoms with van der Waals surface area (Å²) in [7, 11) is 3.26. The van der Waals surface area contributed by atoms with Crippen molar-refractivity contribution in [3.8, 4) is 0 Å². The second kappa shape index (κ2) is 10.9. The van der Waals surface area contributed by atoms with Gasteiger partial charge in [-0.2, -0.15) is 0 Å².